The molecule has 396 valence electrons. The van der Waals surface area contributed by atoms with Crippen molar-refractivity contribution in [3.8, 4) is 0 Å². The molecule has 3 heterocycles. The van der Waals surface area contributed by atoms with E-state index in [4.69, 9.17) is 28.4 Å². The largest absolute Gasteiger partial charge is 0.394 e. The number of aliphatic hydroxyl groups excluding tert-OH is 11. The van der Waals surface area contributed by atoms with E-state index >= 15 is 0 Å². The Bertz CT molecular complexity index is 1250. The number of hydrogen-bond acceptors (Lipinski definition) is 18. The van der Waals surface area contributed by atoms with Gasteiger partial charge in [0.25, 0.3) is 0 Å². The van der Waals surface area contributed by atoms with Crippen LogP contribution in [-0.4, -0.2) is 193 Å². The van der Waals surface area contributed by atoms with Gasteiger partial charge in [-0.25, -0.2) is 0 Å². The Morgan fingerprint density at radius 2 is 0.851 bits per heavy atom. The fraction of sp³-hybridized carbons (Fsp3) is 0.979. The van der Waals surface area contributed by atoms with E-state index in [1.807, 2.05) is 0 Å². The van der Waals surface area contributed by atoms with Gasteiger partial charge in [-0.3, -0.25) is 4.79 Å². The van der Waals surface area contributed by atoms with E-state index in [1.165, 1.54) is 89.9 Å². The lowest BCUT2D eigenvalue weighted by Crippen LogP contribution is -2.66. The average molecular weight is 970 g/mol. The van der Waals surface area contributed by atoms with Crippen LogP contribution in [0.5, 0.6) is 0 Å². The lowest BCUT2D eigenvalue weighted by atomic mass is 9.96. The Morgan fingerprint density at radius 3 is 1.30 bits per heavy atom. The van der Waals surface area contributed by atoms with E-state index < -0.39 is 124 Å². The lowest BCUT2D eigenvalue weighted by molar-refractivity contribution is -0.379. The van der Waals surface area contributed by atoms with Gasteiger partial charge in [0.15, 0.2) is 18.9 Å². The van der Waals surface area contributed by atoms with Crippen molar-refractivity contribution in [1.29, 1.82) is 0 Å². The van der Waals surface area contributed by atoms with Crippen molar-refractivity contribution in [3.05, 3.63) is 0 Å². The summed E-state index contributed by atoms with van der Waals surface area (Å²) in [4.78, 5) is 13.2. The fourth-order valence-electron chi connectivity index (χ4n) is 9.08. The van der Waals surface area contributed by atoms with Crippen molar-refractivity contribution in [2.75, 3.05) is 26.4 Å². The molecule has 3 rings (SSSR count). The number of hydrogen-bond donors (Lipinski definition) is 12. The number of nitrogens with one attached hydrogen (secondary N) is 1. The highest BCUT2D eigenvalue weighted by Gasteiger charge is 2.53. The molecule has 3 fully saturated rings. The molecular formula is C48H91NO18. The summed E-state index contributed by atoms with van der Waals surface area (Å²) in [6.45, 7) is 1.73. The van der Waals surface area contributed by atoms with E-state index in [0.717, 1.165) is 44.9 Å². The molecule has 0 aromatic carbocycles. The van der Waals surface area contributed by atoms with E-state index in [9.17, 15) is 61.0 Å². The average Bonchev–Trinajstić information content (AvgIpc) is 3.32. The Morgan fingerprint density at radius 1 is 0.478 bits per heavy atom. The molecule has 0 bridgehead atoms. The highest BCUT2D eigenvalue weighted by Crippen LogP contribution is 2.33. The molecule has 0 aliphatic carbocycles. The summed E-state index contributed by atoms with van der Waals surface area (Å²) >= 11 is 0. The highest BCUT2D eigenvalue weighted by atomic mass is 16.8. The highest BCUT2D eigenvalue weighted by molar-refractivity contribution is 5.76. The molecule has 0 radical (unpaired) electrons. The molecule has 12 N–H and O–H groups in total. The Kier molecular flexibility index (Phi) is 30.7. The summed E-state index contributed by atoms with van der Waals surface area (Å²) in [6.07, 6.45) is -0.663. The number of rotatable bonds is 36. The molecule has 17 atom stereocenters. The minimum absolute atomic E-state index is 0.246. The zero-order valence-corrected chi connectivity index (χ0v) is 40.4. The number of aliphatic hydroxyl groups is 11. The van der Waals surface area contributed by atoms with E-state index in [0.29, 0.717) is 12.8 Å². The molecule has 0 saturated carbocycles. The van der Waals surface area contributed by atoms with Crippen LogP contribution >= 0.6 is 0 Å². The summed E-state index contributed by atoms with van der Waals surface area (Å²) in [6, 6.07) is -0.876. The van der Waals surface area contributed by atoms with Crippen LogP contribution in [0, 0.1) is 0 Å². The molecule has 17 unspecified atom stereocenters. The zero-order valence-electron chi connectivity index (χ0n) is 40.4. The fourth-order valence-corrected chi connectivity index (χ4v) is 9.08. The summed E-state index contributed by atoms with van der Waals surface area (Å²) in [5, 5.41) is 120. The molecule has 19 heteroatoms. The minimum atomic E-state index is -1.97. The normalized spacial score (nSPS) is 33.4. The van der Waals surface area contributed by atoms with Gasteiger partial charge in [0, 0.05) is 6.42 Å². The van der Waals surface area contributed by atoms with Gasteiger partial charge < -0.3 is 89.9 Å². The van der Waals surface area contributed by atoms with Crippen LogP contribution < -0.4 is 5.32 Å². The van der Waals surface area contributed by atoms with Crippen molar-refractivity contribution in [2.24, 2.45) is 0 Å². The molecule has 0 aromatic rings. The van der Waals surface area contributed by atoms with Crippen molar-refractivity contribution < 1.29 is 89.4 Å². The lowest BCUT2D eigenvalue weighted by Gasteiger charge is -2.48. The number of ether oxygens (including phenoxy) is 6. The standard InChI is InChI=1S/C48H91NO18/c1-3-5-7-9-11-13-15-17-19-21-23-25-32(53)31(49-36(54)26-24-22-20-18-16-14-12-10-8-6-4-2)30-62-46-42(60)39(57)44(34(28-51)64-46)67-48-43(61)40(58)45(35(29-52)65-48)66-47-41(59)38(56)37(55)33(27-50)63-47/h31-35,37-48,50-53,55-61H,3-30H2,1-2H3,(H,49,54). The number of amides is 1. The first-order valence-electron chi connectivity index (χ1n) is 25.8. The first-order chi connectivity index (χ1) is 32.3. The maximum Gasteiger partial charge on any atom is 0.220 e. The maximum atomic E-state index is 13.2. The first-order valence-corrected chi connectivity index (χ1v) is 25.8. The van der Waals surface area contributed by atoms with Crippen molar-refractivity contribution >= 4 is 5.91 Å². The quantitative estimate of drug-likeness (QED) is 0.0398. The van der Waals surface area contributed by atoms with Gasteiger partial charge in [-0.15, -0.1) is 0 Å². The van der Waals surface area contributed by atoms with Crippen molar-refractivity contribution in [2.45, 2.75) is 272 Å². The second-order valence-electron chi connectivity index (χ2n) is 19.0. The van der Waals surface area contributed by atoms with Crippen LogP contribution in [0.1, 0.15) is 168 Å². The minimum Gasteiger partial charge on any atom is -0.394 e. The van der Waals surface area contributed by atoms with Gasteiger partial charge in [-0.2, -0.15) is 0 Å². The van der Waals surface area contributed by atoms with Gasteiger partial charge in [0.05, 0.1) is 38.6 Å². The van der Waals surface area contributed by atoms with Crippen molar-refractivity contribution in [1.82, 2.24) is 5.32 Å². The molecule has 0 aromatic heterocycles. The van der Waals surface area contributed by atoms with Crippen LogP contribution in [0.2, 0.25) is 0 Å². The summed E-state index contributed by atoms with van der Waals surface area (Å²) in [5.74, 6) is -0.246. The SMILES string of the molecule is CCCCCCCCCCCCCC(=O)NC(COC1OC(CO)C(OC2OC(CO)C(OC3OC(CO)C(O)C(O)C3O)C(O)C2O)C(O)C1O)C(O)CCCCCCCCCCCCC. The number of carbonyl (C=O) groups excluding carboxylic acids is 1. The molecule has 1 amide bonds. The van der Waals surface area contributed by atoms with Crippen LogP contribution in [0.25, 0.3) is 0 Å². The third-order valence-corrected chi connectivity index (χ3v) is 13.4. The second kappa shape index (κ2) is 34.2. The summed E-state index contributed by atoms with van der Waals surface area (Å²) in [5.41, 5.74) is 0. The molecule has 3 saturated heterocycles. The molecule has 67 heavy (non-hydrogen) atoms. The van der Waals surface area contributed by atoms with Crippen molar-refractivity contribution in [3.63, 3.8) is 0 Å². The Labute approximate surface area is 398 Å². The van der Waals surface area contributed by atoms with Gasteiger partial charge in [0.2, 0.25) is 5.91 Å². The monoisotopic (exact) mass is 970 g/mol. The van der Waals surface area contributed by atoms with E-state index in [2.05, 4.69) is 19.2 Å². The zero-order chi connectivity index (χ0) is 49.1. The van der Waals surface area contributed by atoms with Gasteiger partial charge >= 0.3 is 0 Å². The predicted molar refractivity (Wildman–Crippen MR) is 245 cm³/mol. The van der Waals surface area contributed by atoms with Gasteiger partial charge in [0.1, 0.15) is 73.2 Å². The third kappa shape index (κ3) is 20.4. The smallest absolute Gasteiger partial charge is 0.220 e. The van der Waals surface area contributed by atoms with Crippen LogP contribution in [0.15, 0.2) is 0 Å². The molecular weight excluding hydrogens is 879 g/mol. The summed E-state index contributed by atoms with van der Waals surface area (Å²) in [7, 11) is 0. The molecule has 19 nitrogen and oxygen atoms in total. The third-order valence-electron chi connectivity index (χ3n) is 13.4. The summed E-state index contributed by atoms with van der Waals surface area (Å²) < 4.78 is 34.1. The van der Waals surface area contributed by atoms with Gasteiger partial charge in [-0.1, -0.05) is 149 Å². The molecule has 0 spiro atoms. The number of unbranched alkanes of at least 4 members (excludes halogenated alkanes) is 20. The van der Waals surface area contributed by atoms with E-state index in [-0.39, 0.29) is 18.9 Å². The number of carbonyl (C=O) groups is 1. The Hall–Kier alpha value is -1.21. The topological polar surface area (TPSA) is 307 Å². The predicted octanol–water partition coefficient (Wildman–Crippen LogP) is 1.70. The Balaban J connectivity index is 1.56. The van der Waals surface area contributed by atoms with Crippen LogP contribution in [-0.2, 0) is 33.2 Å². The van der Waals surface area contributed by atoms with Crippen LogP contribution in [0.3, 0.4) is 0 Å². The molecule has 3 aliphatic rings. The van der Waals surface area contributed by atoms with Gasteiger partial charge in [-0.05, 0) is 12.8 Å². The van der Waals surface area contributed by atoms with E-state index in [1.54, 1.807) is 0 Å². The van der Waals surface area contributed by atoms with Crippen LogP contribution in [0.4, 0.5) is 0 Å². The maximum absolute atomic E-state index is 13.2. The first kappa shape index (κ1) is 60.1. The second-order valence-corrected chi connectivity index (χ2v) is 19.0. The molecule has 3 aliphatic heterocycles.